The number of aliphatic hydroxyl groups is 1. The first-order valence-electron chi connectivity index (χ1n) is 5.00. The van der Waals surface area contributed by atoms with Gasteiger partial charge in [0.25, 0.3) is 0 Å². The highest BCUT2D eigenvalue weighted by atomic mass is 79.9. The highest BCUT2D eigenvalue weighted by molar-refractivity contribution is 9.10. The quantitative estimate of drug-likeness (QED) is 0.926. The van der Waals surface area contributed by atoms with Gasteiger partial charge in [0.05, 0.1) is 19.8 Å². The third kappa shape index (κ3) is 3.39. The van der Waals surface area contributed by atoms with E-state index >= 15 is 0 Å². The Morgan fingerprint density at radius 3 is 1.94 bits per heavy atom. The van der Waals surface area contributed by atoms with Gasteiger partial charge >= 0.3 is 0 Å². The zero-order chi connectivity index (χ0) is 12.3. The maximum atomic E-state index is 9.77. The lowest BCUT2D eigenvalue weighted by molar-refractivity contribution is 0.0809. The van der Waals surface area contributed by atoms with Crippen molar-refractivity contribution in [2.24, 2.45) is 0 Å². The van der Waals surface area contributed by atoms with Crippen molar-refractivity contribution in [3.05, 3.63) is 22.2 Å². The topological polar surface area (TPSA) is 38.7 Å². The Bertz CT molecular complexity index is 344. The Balaban J connectivity index is 3.12. The van der Waals surface area contributed by atoms with Gasteiger partial charge in [-0.25, -0.2) is 0 Å². The van der Waals surface area contributed by atoms with Crippen LogP contribution in [0.3, 0.4) is 0 Å². The van der Waals surface area contributed by atoms with Crippen molar-refractivity contribution >= 4 is 15.9 Å². The Labute approximate surface area is 105 Å². The number of hydrogen-bond acceptors (Lipinski definition) is 3. The molecule has 0 aliphatic carbocycles. The van der Waals surface area contributed by atoms with Crippen molar-refractivity contribution < 1.29 is 14.6 Å². The minimum atomic E-state index is -0.746. The summed E-state index contributed by atoms with van der Waals surface area (Å²) in [5.74, 6) is 1.41. The molecule has 1 rings (SSSR count). The molecular weight excluding hydrogens is 272 g/mol. The van der Waals surface area contributed by atoms with Gasteiger partial charge in [-0.3, -0.25) is 0 Å². The molecule has 0 bridgehead atoms. The SMILES string of the molecule is COc1cc(CC(C)(C)O)cc(OC)c1Br. The van der Waals surface area contributed by atoms with Crippen LogP contribution >= 0.6 is 15.9 Å². The van der Waals surface area contributed by atoms with E-state index in [0.29, 0.717) is 17.9 Å². The standard InChI is InChI=1S/C12H17BrO3/c1-12(2,14)7-8-5-9(15-3)11(13)10(6-8)16-4/h5-6,14H,7H2,1-4H3. The molecule has 90 valence electrons. The Hall–Kier alpha value is -0.740. The summed E-state index contributed by atoms with van der Waals surface area (Å²) in [4.78, 5) is 0. The van der Waals surface area contributed by atoms with Crippen molar-refractivity contribution in [1.29, 1.82) is 0 Å². The van der Waals surface area contributed by atoms with Crippen LogP contribution in [0.15, 0.2) is 16.6 Å². The fraction of sp³-hybridized carbons (Fsp3) is 0.500. The van der Waals surface area contributed by atoms with E-state index in [1.165, 1.54) is 0 Å². The van der Waals surface area contributed by atoms with Crippen LogP contribution in [0.25, 0.3) is 0 Å². The molecule has 0 heterocycles. The van der Waals surface area contributed by atoms with Crippen LogP contribution in [0.1, 0.15) is 19.4 Å². The lowest BCUT2D eigenvalue weighted by atomic mass is 9.98. The van der Waals surface area contributed by atoms with Gasteiger partial charge < -0.3 is 14.6 Å². The van der Waals surface area contributed by atoms with Crippen LogP contribution in [-0.2, 0) is 6.42 Å². The van der Waals surface area contributed by atoms with Gasteiger partial charge in [0.15, 0.2) is 0 Å². The molecule has 0 unspecified atom stereocenters. The number of methoxy groups -OCH3 is 2. The van der Waals surface area contributed by atoms with E-state index in [-0.39, 0.29) is 0 Å². The van der Waals surface area contributed by atoms with Crippen molar-refractivity contribution in [2.75, 3.05) is 14.2 Å². The lowest BCUT2D eigenvalue weighted by Gasteiger charge is -2.18. The van der Waals surface area contributed by atoms with E-state index in [0.717, 1.165) is 10.0 Å². The zero-order valence-corrected chi connectivity index (χ0v) is 11.6. The van der Waals surface area contributed by atoms with E-state index in [4.69, 9.17) is 9.47 Å². The molecule has 0 amide bonds. The van der Waals surface area contributed by atoms with Crippen molar-refractivity contribution in [3.8, 4) is 11.5 Å². The summed E-state index contributed by atoms with van der Waals surface area (Å²) >= 11 is 3.40. The highest BCUT2D eigenvalue weighted by Gasteiger charge is 2.17. The van der Waals surface area contributed by atoms with E-state index in [1.807, 2.05) is 12.1 Å². The number of rotatable bonds is 4. The molecule has 0 aliphatic rings. The molecule has 4 heteroatoms. The largest absolute Gasteiger partial charge is 0.495 e. The van der Waals surface area contributed by atoms with Gasteiger partial charge in [0.1, 0.15) is 16.0 Å². The summed E-state index contributed by atoms with van der Waals surface area (Å²) in [6.45, 7) is 3.54. The minimum Gasteiger partial charge on any atom is -0.495 e. The van der Waals surface area contributed by atoms with Crippen LogP contribution in [0, 0.1) is 0 Å². The second kappa shape index (κ2) is 5.06. The summed E-state index contributed by atoms with van der Waals surface area (Å²) in [5.41, 5.74) is 0.230. The van der Waals surface area contributed by atoms with Crippen LogP contribution in [0.5, 0.6) is 11.5 Å². The summed E-state index contributed by atoms with van der Waals surface area (Å²) < 4.78 is 11.3. The average molecular weight is 289 g/mol. The van der Waals surface area contributed by atoms with E-state index in [1.54, 1.807) is 28.1 Å². The number of ether oxygens (including phenoxy) is 2. The molecule has 0 aromatic heterocycles. The predicted octanol–water partition coefficient (Wildman–Crippen LogP) is 2.78. The van der Waals surface area contributed by atoms with Crippen LogP contribution in [0.4, 0.5) is 0 Å². The smallest absolute Gasteiger partial charge is 0.137 e. The Morgan fingerprint density at radius 2 is 1.62 bits per heavy atom. The Morgan fingerprint density at radius 1 is 1.19 bits per heavy atom. The first-order chi connectivity index (χ1) is 7.37. The molecule has 0 atom stereocenters. The van der Waals surface area contributed by atoms with Gasteiger partial charge in [-0.15, -0.1) is 0 Å². The van der Waals surface area contributed by atoms with Crippen molar-refractivity contribution in [2.45, 2.75) is 25.9 Å². The summed E-state index contributed by atoms with van der Waals surface area (Å²) in [6, 6.07) is 3.79. The molecule has 0 aliphatic heterocycles. The normalized spacial score (nSPS) is 11.4. The van der Waals surface area contributed by atoms with Crippen LogP contribution < -0.4 is 9.47 Å². The molecule has 3 nitrogen and oxygen atoms in total. The van der Waals surface area contributed by atoms with E-state index in [2.05, 4.69) is 15.9 Å². The zero-order valence-electron chi connectivity index (χ0n) is 10.0. The molecule has 0 saturated carbocycles. The molecule has 0 fully saturated rings. The molecule has 1 aromatic rings. The van der Waals surface area contributed by atoms with Gasteiger partial charge in [0, 0.05) is 6.42 Å². The molecule has 16 heavy (non-hydrogen) atoms. The average Bonchev–Trinajstić information content (AvgIpc) is 2.18. The maximum absolute atomic E-state index is 9.77. The fourth-order valence-corrected chi connectivity index (χ4v) is 2.08. The summed E-state index contributed by atoms with van der Waals surface area (Å²) in [5, 5.41) is 9.77. The molecule has 0 saturated heterocycles. The van der Waals surface area contributed by atoms with Gasteiger partial charge in [-0.05, 0) is 47.5 Å². The monoisotopic (exact) mass is 288 g/mol. The Kier molecular flexibility index (Phi) is 4.21. The second-order valence-electron chi connectivity index (χ2n) is 4.30. The van der Waals surface area contributed by atoms with E-state index in [9.17, 15) is 5.11 Å². The predicted molar refractivity (Wildman–Crippen MR) is 67.2 cm³/mol. The first kappa shape index (κ1) is 13.3. The van der Waals surface area contributed by atoms with Gasteiger partial charge in [-0.1, -0.05) is 0 Å². The minimum absolute atomic E-state index is 0.549. The maximum Gasteiger partial charge on any atom is 0.137 e. The fourth-order valence-electron chi connectivity index (χ4n) is 1.53. The molecule has 1 N–H and O–H groups in total. The number of hydrogen-bond donors (Lipinski definition) is 1. The third-order valence-electron chi connectivity index (χ3n) is 2.14. The molecular formula is C12H17BrO3. The van der Waals surface area contributed by atoms with E-state index < -0.39 is 5.60 Å². The van der Waals surface area contributed by atoms with Gasteiger partial charge in [0.2, 0.25) is 0 Å². The molecule has 1 aromatic carbocycles. The van der Waals surface area contributed by atoms with Crippen LogP contribution in [0.2, 0.25) is 0 Å². The van der Waals surface area contributed by atoms with Crippen LogP contribution in [-0.4, -0.2) is 24.9 Å². The first-order valence-corrected chi connectivity index (χ1v) is 5.79. The summed E-state index contributed by atoms with van der Waals surface area (Å²) in [6.07, 6.45) is 0.549. The third-order valence-corrected chi connectivity index (χ3v) is 2.92. The lowest BCUT2D eigenvalue weighted by Crippen LogP contribution is -2.21. The highest BCUT2D eigenvalue weighted by Crippen LogP contribution is 2.36. The number of halogens is 1. The van der Waals surface area contributed by atoms with Crippen molar-refractivity contribution in [1.82, 2.24) is 0 Å². The second-order valence-corrected chi connectivity index (χ2v) is 5.10. The summed E-state index contributed by atoms with van der Waals surface area (Å²) in [7, 11) is 3.21. The number of benzene rings is 1. The van der Waals surface area contributed by atoms with Gasteiger partial charge in [-0.2, -0.15) is 0 Å². The molecule has 0 radical (unpaired) electrons. The van der Waals surface area contributed by atoms with Crippen molar-refractivity contribution in [3.63, 3.8) is 0 Å². The molecule has 0 spiro atoms.